The third-order valence-electron chi connectivity index (χ3n) is 5.01. The van der Waals surface area contributed by atoms with Gasteiger partial charge in [-0.25, -0.2) is 0 Å². The van der Waals surface area contributed by atoms with Gasteiger partial charge in [-0.3, -0.25) is 4.79 Å². The van der Waals surface area contributed by atoms with Crippen molar-refractivity contribution in [2.45, 2.75) is 26.3 Å². The lowest BCUT2D eigenvalue weighted by Crippen LogP contribution is -2.31. The molecular weight excluding hydrogens is 386 g/mol. The maximum Gasteiger partial charge on any atom is 0.252 e. The number of carbonyl (C=O) groups is 1. The number of hydrogen-bond acceptors (Lipinski definition) is 6. The minimum atomic E-state index is -0.236. The molecule has 2 aromatic carbocycles. The fraction of sp³-hybridized carbons (Fsp3) is 0.435. The molecule has 0 saturated carbocycles. The summed E-state index contributed by atoms with van der Waals surface area (Å²) in [5, 5.41) is 3.12. The van der Waals surface area contributed by atoms with Crippen LogP contribution in [-0.4, -0.2) is 40.5 Å². The highest BCUT2D eigenvalue weighted by molar-refractivity contribution is 5.96. The number of nitrogens with one attached hydrogen (secondary N) is 1. The number of ether oxygens (including phenoxy) is 5. The van der Waals surface area contributed by atoms with Crippen LogP contribution in [0.4, 0.5) is 0 Å². The molecule has 3 rings (SSSR count). The quantitative estimate of drug-likeness (QED) is 0.737. The van der Waals surface area contributed by atoms with E-state index in [9.17, 15) is 4.79 Å². The third-order valence-corrected chi connectivity index (χ3v) is 5.01. The van der Waals surface area contributed by atoms with E-state index >= 15 is 0 Å². The molecule has 0 aliphatic carbocycles. The van der Waals surface area contributed by atoms with Gasteiger partial charge in [0.2, 0.25) is 5.75 Å². The minimum absolute atomic E-state index is 0.153. The predicted molar refractivity (Wildman–Crippen MR) is 113 cm³/mol. The van der Waals surface area contributed by atoms with Crippen molar-refractivity contribution < 1.29 is 28.5 Å². The molecule has 1 heterocycles. The molecule has 1 aliphatic heterocycles. The standard InChI is InChI=1S/C23H29NO6/c1-14(2)21(15-7-8-17-18(11-15)30-10-6-9-29-17)24-23(25)16-12-19(26-3)22(28-5)20(13-16)27-4/h7-8,11-14,21H,6,9-10H2,1-5H3,(H,24,25)/t21-/m0/s1. The predicted octanol–water partition coefficient (Wildman–Crippen LogP) is 4.00. The highest BCUT2D eigenvalue weighted by Crippen LogP contribution is 2.39. The van der Waals surface area contributed by atoms with Crippen LogP contribution in [0.3, 0.4) is 0 Å². The van der Waals surface area contributed by atoms with Crippen molar-refractivity contribution in [1.82, 2.24) is 5.32 Å². The Kier molecular flexibility index (Phi) is 6.92. The smallest absolute Gasteiger partial charge is 0.252 e. The summed E-state index contributed by atoms with van der Waals surface area (Å²) >= 11 is 0. The average Bonchev–Trinajstić information content (AvgIpc) is 3.00. The zero-order valence-electron chi connectivity index (χ0n) is 18.1. The van der Waals surface area contributed by atoms with E-state index in [0.29, 0.717) is 41.8 Å². The first-order valence-electron chi connectivity index (χ1n) is 9.98. The molecule has 7 nitrogen and oxygen atoms in total. The summed E-state index contributed by atoms with van der Waals surface area (Å²) in [5.41, 5.74) is 1.37. The Morgan fingerprint density at radius 1 is 0.933 bits per heavy atom. The van der Waals surface area contributed by atoms with Gasteiger partial charge in [-0.2, -0.15) is 0 Å². The Labute approximate surface area is 177 Å². The SMILES string of the molecule is COc1cc(C(=O)N[C@H](c2ccc3c(c2)OCCCO3)C(C)C)cc(OC)c1OC. The van der Waals surface area contributed by atoms with Crippen molar-refractivity contribution in [1.29, 1.82) is 0 Å². The van der Waals surface area contributed by atoms with Crippen LogP contribution in [0, 0.1) is 5.92 Å². The highest BCUT2D eigenvalue weighted by atomic mass is 16.5. The van der Waals surface area contributed by atoms with Crippen LogP contribution in [0.2, 0.25) is 0 Å². The molecule has 0 spiro atoms. The van der Waals surface area contributed by atoms with Gasteiger partial charge in [0.1, 0.15) is 0 Å². The number of hydrogen-bond donors (Lipinski definition) is 1. The Bertz CT molecular complexity index is 870. The van der Waals surface area contributed by atoms with E-state index in [0.717, 1.165) is 17.7 Å². The van der Waals surface area contributed by atoms with Crippen molar-refractivity contribution in [3.8, 4) is 28.7 Å². The van der Waals surface area contributed by atoms with Crippen molar-refractivity contribution in [2.75, 3.05) is 34.5 Å². The molecule has 7 heteroatoms. The molecule has 1 N–H and O–H groups in total. The average molecular weight is 415 g/mol. The summed E-state index contributed by atoms with van der Waals surface area (Å²) in [6.07, 6.45) is 0.843. The highest BCUT2D eigenvalue weighted by Gasteiger charge is 2.23. The largest absolute Gasteiger partial charge is 0.493 e. The monoisotopic (exact) mass is 415 g/mol. The fourth-order valence-corrected chi connectivity index (χ4v) is 3.44. The Balaban J connectivity index is 1.89. The van der Waals surface area contributed by atoms with Crippen LogP contribution in [0.1, 0.15) is 42.2 Å². The summed E-state index contributed by atoms with van der Waals surface area (Å²) in [5.74, 6) is 2.66. The second kappa shape index (κ2) is 9.61. The van der Waals surface area contributed by atoms with Gasteiger partial charge >= 0.3 is 0 Å². The van der Waals surface area contributed by atoms with Gasteiger partial charge in [0, 0.05) is 12.0 Å². The maximum absolute atomic E-state index is 13.1. The van der Waals surface area contributed by atoms with Gasteiger partial charge in [0.05, 0.1) is 40.6 Å². The van der Waals surface area contributed by atoms with Crippen LogP contribution >= 0.6 is 0 Å². The van der Waals surface area contributed by atoms with Gasteiger partial charge in [0.25, 0.3) is 5.91 Å². The van der Waals surface area contributed by atoms with Crippen LogP contribution in [-0.2, 0) is 0 Å². The first-order valence-corrected chi connectivity index (χ1v) is 9.98. The van der Waals surface area contributed by atoms with Crippen LogP contribution in [0.5, 0.6) is 28.7 Å². The molecule has 1 aliphatic rings. The van der Waals surface area contributed by atoms with Gasteiger partial charge < -0.3 is 29.0 Å². The van der Waals surface area contributed by atoms with E-state index in [1.54, 1.807) is 12.1 Å². The summed E-state index contributed by atoms with van der Waals surface area (Å²) < 4.78 is 27.6. The number of methoxy groups -OCH3 is 3. The second-order valence-corrected chi connectivity index (χ2v) is 7.37. The van der Waals surface area contributed by atoms with E-state index < -0.39 is 0 Å². The van der Waals surface area contributed by atoms with Crippen molar-refractivity contribution in [3.05, 3.63) is 41.5 Å². The van der Waals surface area contributed by atoms with Crippen LogP contribution in [0.25, 0.3) is 0 Å². The van der Waals surface area contributed by atoms with E-state index in [4.69, 9.17) is 23.7 Å². The molecule has 1 amide bonds. The lowest BCUT2D eigenvalue weighted by molar-refractivity contribution is 0.0924. The zero-order valence-corrected chi connectivity index (χ0v) is 18.1. The van der Waals surface area contributed by atoms with Crippen LogP contribution < -0.4 is 29.0 Å². The molecule has 30 heavy (non-hydrogen) atoms. The number of rotatable bonds is 7. The zero-order chi connectivity index (χ0) is 21.7. The molecule has 2 aromatic rings. The van der Waals surface area contributed by atoms with Gasteiger partial charge in [-0.1, -0.05) is 19.9 Å². The van der Waals surface area contributed by atoms with Gasteiger partial charge in [-0.15, -0.1) is 0 Å². The van der Waals surface area contributed by atoms with Crippen LogP contribution in [0.15, 0.2) is 30.3 Å². The maximum atomic E-state index is 13.1. The molecule has 162 valence electrons. The van der Waals surface area contributed by atoms with Crippen molar-refractivity contribution in [2.24, 2.45) is 5.92 Å². The summed E-state index contributed by atoms with van der Waals surface area (Å²) in [7, 11) is 4.57. The van der Waals surface area contributed by atoms with E-state index in [2.05, 4.69) is 19.2 Å². The topological polar surface area (TPSA) is 75.3 Å². The molecule has 0 bridgehead atoms. The minimum Gasteiger partial charge on any atom is -0.493 e. The Morgan fingerprint density at radius 2 is 1.57 bits per heavy atom. The number of benzene rings is 2. The second-order valence-electron chi connectivity index (χ2n) is 7.37. The molecule has 0 radical (unpaired) electrons. The van der Waals surface area contributed by atoms with E-state index in [1.165, 1.54) is 21.3 Å². The van der Waals surface area contributed by atoms with E-state index in [1.807, 2.05) is 18.2 Å². The fourth-order valence-electron chi connectivity index (χ4n) is 3.44. The van der Waals surface area contributed by atoms with Crippen molar-refractivity contribution >= 4 is 5.91 Å². The van der Waals surface area contributed by atoms with Gasteiger partial charge in [0.15, 0.2) is 23.0 Å². The normalized spacial score (nSPS) is 13.9. The van der Waals surface area contributed by atoms with E-state index in [-0.39, 0.29) is 17.9 Å². The third kappa shape index (κ3) is 4.56. The molecule has 1 atom stereocenters. The van der Waals surface area contributed by atoms with Crippen molar-refractivity contribution in [3.63, 3.8) is 0 Å². The lowest BCUT2D eigenvalue weighted by Gasteiger charge is -2.24. The Hall–Kier alpha value is -3.09. The first kappa shape index (κ1) is 21.6. The van der Waals surface area contributed by atoms with Gasteiger partial charge in [-0.05, 0) is 35.7 Å². The molecule has 0 saturated heterocycles. The number of amides is 1. The Morgan fingerprint density at radius 3 is 2.13 bits per heavy atom. The summed E-state index contributed by atoms with van der Waals surface area (Å²) in [6, 6.07) is 8.88. The first-order chi connectivity index (χ1) is 14.5. The molecule has 0 unspecified atom stereocenters. The molecule has 0 aromatic heterocycles. The lowest BCUT2D eigenvalue weighted by atomic mass is 9.95. The molecular formula is C23H29NO6. The number of carbonyl (C=O) groups excluding carboxylic acids is 1. The summed E-state index contributed by atoms with van der Waals surface area (Å²) in [4.78, 5) is 13.1. The summed E-state index contributed by atoms with van der Waals surface area (Å²) in [6.45, 7) is 5.37. The molecule has 0 fully saturated rings. The number of fused-ring (bicyclic) bond motifs is 1.